The number of ether oxygens (including phenoxy) is 1. The summed E-state index contributed by atoms with van der Waals surface area (Å²) in [4.78, 5) is 17.7. The molecule has 2 aliphatic rings. The number of fused-ring (bicyclic) bond motifs is 1. The monoisotopic (exact) mass is 430 g/mol. The largest absolute Gasteiger partial charge is 0.507 e. The summed E-state index contributed by atoms with van der Waals surface area (Å²) in [6.07, 6.45) is 1.62. The number of para-hydroxylation sites is 1. The van der Waals surface area contributed by atoms with Crippen LogP contribution in [-0.2, 0) is 6.54 Å². The van der Waals surface area contributed by atoms with Gasteiger partial charge in [0.2, 0.25) is 5.78 Å². The zero-order valence-electron chi connectivity index (χ0n) is 18.3. The smallest absolute Gasteiger partial charge is 0.232 e. The minimum Gasteiger partial charge on any atom is -0.507 e. The van der Waals surface area contributed by atoms with Gasteiger partial charge in [0, 0.05) is 44.5 Å². The molecule has 1 aromatic heterocycles. The Balaban J connectivity index is 1.37. The second kappa shape index (κ2) is 8.20. The minimum absolute atomic E-state index is 0.162. The highest BCUT2D eigenvalue weighted by atomic mass is 16.5. The van der Waals surface area contributed by atoms with Crippen LogP contribution in [0.2, 0.25) is 0 Å². The number of anilines is 1. The second-order valence-corrected chi connectivity index (χ2v) is 8.38. The van der Waals surface area contributed by atoms with Crippen LogP contribution in [0.1, 0.15) is 33.0 Å². The van der Waals surface area contributed by atoms with Gasteiger partial charge >= 0.3 is 0 Å². The van der Waals surface area contributed by atoms with Crippen molar-refractivity contribution in [2.75, 3.05) is 31.1 Å². The summed E-state index contributed by atoms with van der Waals surface area (Å²) in [5.74, 6) is 2.00. The van der Waals surface area contributed by atoms with Gasteiger partial charge in [-0.25, -0.2) is 0 Å². The molecule has 1 saturated heterocycles. The van der Waals surface area contributed by atoms with Gasteiger partial charge in [0.05, 0.1) is 11.1 Å². The van der Waals surface area contributed by atoms with Crippen LogP contribution in [0.15, 0.2) is 58.7 Å². The van der Waals surface area contributed by atoms with Crippen LogP contribution in [0.5, 0.6) is 11.5 Å². The van der Waals surface area contributed by atoms with Crippen LogP contribution < -0.4 is 9.64 Å². The molecule has 3 aromatic rings. The number of phenolic OH excluding ortho intramolecular Hbond substituents is 1. The van der Waals surface area contributed by atoms with Crippen molar-refractivity contribution in [3.63, 3.8) is 0 Å². The van der Waals surface area contributed by atoms with Crippen molar-refractivity contribution in [3.05, 3.63) is 82.5 Å². The lowest BCUT2D eigenvalue weighted by Gasteiger charge is -2.36. The van der Waals surface area contributed by atoms with E-state index in [1.54, 1.807) is 18.2 Å². The molecule has 32 heavy (non-hydrogen) atoms. The van der Waals surface area contributed by atoms with E-state index in [0.717, 1.165) is 31.9 Å². The van der Waals surface area contributed by atoms with Gasteiger partial charge in [0.25, 0.3) is 0 Å². The molecule has 0 amide bonds. The van der Waals surface area contributed by atoms with Crippen LogP contribution in [-0.4, -0.2) is 42.0 Å². The predicted molar refractivity (Wildman–Crippen MR) is 123 cm³/mol. The Morgan fingerprint density at radius 3 is 2.47 bits per heavy atom. The van der Waals surface area contributed by atoms with Crippen LogP contribution in [0, 0.1) is 13.8 Å². The first-order valence-electron chi connectivity index (χ1n) is 10.9. The fourth-order valence-electron chi connectivity index (χ4n) is 4.42. The van der Waals surface area contributed by atoms with E-state index in [2.05, 4.69) is 34.1 Å². The van der Waals surface area contributed by atoms with Gasteiger partial charge in [-0.05, 0) is 49.7 Å². The van der Waals surface area contributed by atoms with Gasteiger partial charge in [-0.2, -0.15) is 0 Å². The van der Waals surface area contributed by atoms with E-state index in [0.29, 0.717) is 34.7 Å². The van der Waals surface area contributed by atoms with Crippen molar-refractivity contribution in [2.24, 2.45) is 0 Å². The molecule has 1 fully saturated rings. The summed E-state index contributed by atoms with van der Waals surface area (Å²) in [5, 5.41) is 10.7. The van der Waals surface area contributed by atoms with Crippen molar-refractivity contribution in [3.8, 4) is 11.5 Å². The van der Waals surface area contributed by atoms with Crippen LogP contribution >= 0.6 is 0 Å². The number of hydrogen-bond donors (Lipinski definition) is 1. The zero-order chi connectivity index (χ0) is 22.2. The maximum absolute atomic E-state index is 13.0. The van der Waals surface area contributed by atoms with Crippen LogP contribution in [0.3, 0.4) is 0 Å². The van der Waals surface area contributed by atoms with E-state index in [1.807, 2.05) is 26.0 Å². The number of aromatic hydroxyl groups is 1. The number of nitrogens with zero attached hydrogens (tertiary/aromatic N) is 2. The fraction of sp³-hybridized carbons (Fsp3) is 0.269. The number of piperazine rings is 1. The lowest BCUT2D eigenvalue weighted by atomic mass is 9.99. The molecule has 0 unspecified atom stereocenters. The molecule has 6 heteroatoms. The van der Waals surface area contributed by atoms with Crippen molar-refractivity contribution in [1.29, 1.82) is 0 Å². The number of furan rings is 1. The molecule has 0 spiro atoms. The third kappa shape index (κ3) is 3.78. The topological polar surface area (TPSA) is 66.2 Å². The molecular weight excluding hydrogens is 404 g/mol. The van der Waals surface area contributed by atoms with Crippen LogP contribution in [0.25, 0.3) is 6.08 Å². The number of rotatable bonds is 4. The molecular formula is C26H26N2O4. The van der Waals surface area contributed by atoms with E-state index in [9.17, 15) is 9.90 Å². The summed E-state index contributed by atoms with van der Waals surface area (Å²) in [6.45, 7) is 7.73. The standard InChI is InChI=1S/C26H26N2O4/c1-17-14-22(29)21(16-27-10-12-28(13-11-27)19-6-4-3-5-7-19)26-24(17)25(30)23(32-26)15-20-9-8-18(2)31-20/h3-9,14-15,29H,10-13,16H2,1-2H3/b23-15-. The SMILES string of the molecule is Cc1ccc(/C=C2\Oc3c(CN4CCN(c5ccccc5)CC4)c(O)cc(C)c3C2=O)o1. The highest BCUT2D eigenvalue weighted by Gasteiger charge is 2.34. The quantitative estimate of drug-likeness (QED) is 0.613. The summed E-state index contributed by atoms with van der Waals surface area (Å²) in [7, 11) is 0. The molecule has 0 saturated carbocycles. The Labute approximate surface area is 187 Å². The average molecular weight is 431 g/mol. The lowest BCUT2D eigenvalue weighted by Crippen LogP contribution is -2.46. The van der Waals surface area contributed by atoms with E-state index < -0.39 is 0 Å². The Morgan fingerprint density at radius 1 is 1.03 bits per heavy atom. The van der Waals surface area contributed by atoms with Gasteiger partial charge in [0.15, 0.2) is 5.76 Å². The van der Waals surface area contributed by atoms with E-state index in [1.165, 1.54) is 5.69 Å². The molecule has 3 heterocycles. The van der Waals surface area contributed by atoms with Crippen molar-refractivity contribution in [1.82, 2.24) is 4.90 Å². The highest BCUT2D eigenvalue weighted by Crippen LogP contribution is 2.42. The number of ketones is 1. The number of carbonyl (C=O) groups excluding carboxylic acids is 1. The van der Waals surface area contributed by atoms with Gasteiger partial charge in [-0.15, -0.1) is 0 Å². The molecule has 164 valence electrons. The molecule has 1 N–H and O–H groups in total. The molecule has 0 atom stereocenters. The predicted octanol–water partition coefficient (Wildman–Crippen LogP) is 4.54. The first-order chi connectivity index (χ1) is 15.5. The summed E-state index contributed by atoms with van der Waals surface area (Å²) >= 11 is 0. The average Bonchev–Trinajstić information content (AvgIpc) is 3.35. The molecule has 2 aliphatic heterocycles. The van der Waals surface area contributed by atoms with Crippen LogP contribution in [0.4, 0.5) is 5.69 Å². The van der Waals surface area contributed by atoms with Crippen molar-refractivity contribution in [2.45, 2.75) is 20.4 Å². The molecule has 6 nitrogen and oxygen atoms in total. The van der Waals surface area contributed by atoms with Gasteiger partial charge < -0.3 is 19.2 Å². The fourth-order valence-corrected chi connectivity index (χ4v) is 4.42. The normalized spacial score (nSPS) is 17.6. The maximum atomic E-state index is 13.0. The number of hydrogen-bond acceptors (Lipinski definition) is 6. The molecule has 0 bridgehead atoms. The number of phenols is 1. The van der Waals surface area contributed by atoms with Gasteiger partial charge in [-0.3, -0.25) is 9.69 Å². The molecule has 2 aromatic carbocycles. The number of Topliss-reactive ketones (excluding diaryl/α,β-unsaturated/α-hetero) is 1. The summed E-state index contributed by atoms with van der Waals surface area (Å²) in [5.41, 5.74) is 3.11. The third-order valence-electron chi connectivity index (χ3n) is 6.13. The molecule has 0 radical (unpaired) electrons. The number of aryl methyl sites for hydroxylation is 2. The second-order valence-electron chi connectivity index (χ2n) is 8.38. The van der Waals surface area contributed by atoms with Crippen molar-refractivity contribution >= 4 is 17.5 Å². The third-order valence-corrected chi connectivity index (χ3v) is 6.13. The highest BCUT2D eigenvalue weighted by molar-refractivity contribution is 6.15. The lowest BCUT2D eigenvalue weighted by molar-refractivity contribution is 0.101. The number of allylic oxidation sites excluding steroid dienone is 1. The first-order valence-corrected chi connectivity index (χ1v) is 10.9. The number of benzene rings is 2. The van der Waals surface area contributed by atoms with Crippen molar-refractivity contribution < 1.29 is 19.1 Å². The first kappa shape index (κ1) is 20.4. The molecule has 5 rings (SSSR count). The van der Waals surface area contributed by atoms with Gasteiger partial charge in [0.1, 0.15) is 23.0 Å². The Kier molecular flexibility index (Phi) is 5.23. The number of carbonyl (C=O) groups is 1. The van der Waals surface area contributed by atoms with Gasteiger partial charge in [-0.1, -0.05) is 18.2 Å². The Bertz CT molecular complexity index is 1190. The minimum atomic E-state index is -0.179. The Morgan fingerprint density at radius 2 is 1.78 bits per heavy atom. The molecule has 0 aliphatic carbocycles. The van der Waals surface area contributed by atoms with E-state index in [-0.39, 0.29) is 17.3 Å². The zero-order valence-corrected chi connectivity index (χ0v) is 18.3. The van der Waals surface area contributed by atoms with E-state index >= 15 is 0 Å². The van der Waals surface area contributed by atoms with E-state index in [4.69, 9.17) is 9.15 Å². The summed E-state index contributed by atoms with van der Waals surface area (Å²) < 4.78 is 11.6. The Hall–Kier alpha value is -3.51. The maximum Gasteiger partial charge on any atom is 0.232 e. The summed E-state index contributed by atoms with van der Waals surface area (Å²) in [6, 6.07) is 15.7.